The monoisotopic (exact) mass is 212 g/mol. The highest BCUT2D eigenvalue weighted by atomic mass is 35.5. The van der Waals surface area contributed by atoms with Crippen molar-refractivity contribution in [2.75, 3.05) is 11.2 Å². The third kappa shape index (κ3) is 2.74. The Labute approximate surface area is 86.0 Å². The van der Waals surface area contributed by atoms with Gasteiger partial charge in [0.05, 0.1) is 0 Å². The van der Waals surface area contributed by atoms with Gasteiger partial charge in [-0.3, -0.25) is 9.59 Å². The van der Waals surface area contributed by atoms with Gasteiger partial charge in [0, 0.05) is 11.3 Å². The van der Waals surface area contributed by atoms with Crippen molar-refractivity contribution in [1.29, 1.82) is 0 Å². The van der Waals surface area contributed by atoms with Gasteiger partial charge in [-0.1, -0.05) is 6.07 Å². The van der Waals surface area contributed by atoms with Crippen LogP contribution in [0.2, 0.25) is 0 Å². The number of alkyl halides is 1. The van der Waals surface area contributed by atoms with Gasteiger partial charge in [-0.15, -0.1) is 11.6 Å². The Hall–Kier alpha value is -1.55. The van der Waals surface area contributed by atoms with Crippen LogP contribution in [0.3, 0.4) is 0 Å². The van der Waals surface area contributed by atoms with Crippen LogP contribution in [0.1, 0.15) is 10.4 Å². The van der Waals surface area contributed by atoms with Crippen LogP contribution in [-0.2, 0) is 4.79 Å². The Morgan fingerprint density at radius 1 is 1.43 bits per heavy atom. The number of anilines is 1. The van der Waals surface area contributed by atoms with Crippen molar-refractivity contribution in [2.45, 2.75) is 0 Å². The number of nitrogens with two attached hydrogens (primary N) is 1. The highest BCUT2D eigenvalue weighted by Gasteiger charge is 2.03. The van der Waals surface area contributed by atoms with Gasteiger partial charge in [0.15, 0.2) is 0 Å². The lowest BCUT2D eigenvalue weighted by Crippen LogP contribution is -2.14. The van der Waals surface area contributed by atoms with Crippen molar-refractivity contribution in [3.8, 4) is 0 Å². The van der Waals surface area contributed by atoms with Crippen LogP contribution >= 0.6 is 11.6 Å². The van der Waals surface area contributed by atoms with E-state index >= 15 is 0 Å². The predicted molar refractivity (Wildman–Crippen MR) is 54.3 cm³/mol. The molecule has 0 aromatic heterocycles. The van der Waals surface area contributed by atoms with Gasteiger partial charge in [0.25, 0.3) is 0 Å². The minimum absolute atomic E-state index is 0.124. The predicted octanol–water partition coefficient (Wildman–Crippen LogP) is 0.963. The Balaban J connectivity index is 2.83. The maximum Gasteiger partial charge on any atom is 0.248 e. The summed E-state index contributed by atoms with van der Waals surface area (Å²) in [6.07, 6.45) is 0. The Kier molecular flexibility index (Phi) is 3.48. The van der Waals surface area contributed by atoms with Gasteiger partial charge in [0.2, 0.25) is 11.8 Å². The third-order valence-electron chi connectivity index (χ3n) is 1.55. The van der Waals surface area contributed by atoms with Gasteiger partial charge in [-0.2, -0.15) is 0 Å². The molecule has 0 aliphatic heterocycles. The quantitative estimate of drug-likeness (QED) is 0.733. The van der Waals surface area contributed by atoms with E-state index in [2.05, 4.69) is 5.32 Å². The molecule has 0 saturated heterocycles. The molecule has 0 saturated carbocycles. The van der Waals surface area contributed by atoms with Crippen molar-refractivity contribution >= 4 is 29.1 Å². The van der Waals surface area contributed by atoms with Crippen LogP contribution in [0.5, 0.6) is 0 Å². The Bertz CT molecular complexity index is 366. The first-order chi connectivity index (χ1) is 6.63. The molecule has 1 aromatic rings. The fourth-order valence-electron chi connectivity index (χ4n) is 0.945. The number of primary amides is 1. The molecule has 0 spiro atoms. The van der Waals surface area contributed by atoms with E-state index in [1.165, 1.54) is 6.07 Å². The molecule has 2 amide bonds. The SMILES string of the molecule is NC(=O)c1cccc(NC(=O)CCl)c1. The van der Waals surface area contributed by atoms with E-state index in [0.717, 1.165) is 0 Å². The van der Waals surface area contributed by atoms with Gasteiger partial charge in [0.1, 0.15) is 5.88 Å². The van der Waals surface area contributed by atoms with Crippen molar-refractivity contribution in [2.24, 2.45) is 5.73 Å². The third-order valence-corrected chi connectivity index (χ3v) is 1.79. The first-order valence-electron chi connectivity index (χ1n) is 3.89. The first kappa shape index (κ1) is 10.5. The van der Waals surface area contributed by atoms with E-state index in [9.17, 15) is 9.59 Å². The standard InChI is InChI=1S/C9H9ClN2O2/c10-5-8(13)12-7-3-1-2-6(4-7)9(11)14/h1-4H,5H2,(H2,11,14)(H,12,13). The molecule has 5 heteroatoms. The summed E-state index contributed by atoms with van der Waals surface area (Å²) in [5.74, 6) is -0.985. The van der Waals surface area contributed by atoms with E-state index in [0.29, 0.717) is 11.3 Å². The lowest BCUT2D eigenvalue weighted by atomic mass is 10.2. The smallest absolute Gasteiger partial charge is 0.248 e. The lowest BCUT2D eigenvalue weighted by Gasteiger charge is -2.03. The van der Waals surface area contributed by atoms with E-state index in [1.807, 2.05) is 0 Å². The first-order valence-corrected chi connectivity index (χ1v) is 4.42. The molecule has 0 unspecified atom stereocenters. The van der Waals surface area contributed by atoms with Crippen molar-refractivity contribution in [1.82, 2.24) is 0 Å². The summed E-state index contributed by atoms with van der Waals surface area (Å²) in [5.41, 5.74) is 5.92. The van der Waals surface area contributed by atoms with Gasteiger partial charge in [-0.25, -0.2) is 0 Å². The number of hydrogen-bond acceptors (Lipinski definition) is 2. The molecular formula is C9H9ClN2O2. The summed E-state index contributed by atoms with van der Waals surface area (Å²) in [6.45, 7) is 0. The molecule has 0 bridgehead atoms. The summed E-state index contributed by atoms with van der Waals surface area (Å²) >= 11 is 5.30. The maximum absolute atomic E-state index is 10.9. The number of hydrogen-bond donors (Lipinski definition) is 2. The van der Waals surface area contributed by atoms with Crippen molar-refractivity contribution < 1.29 is 9.59 Å². The minimum Gasteiger partial charge on any atom is -0.366 e. The molecule has 0 aliphatic carbocycles. The minimum atomic E-state index is -0.535. The van der Waals surface area contributed by atoms with E-state index in [-0.39, 0.29) is 11.8 Å². The number of carbonyl (C=O) groups is 2. The summed E-state index contributed by atoms with van der Waals surface area (Å²) in [5, 5.41) is 2.51. The second-order valence-electron chi connectivity index (χ2n) is 2.63. The molecule has 14 heavy (non-hydrogen) atoms. The highest BCUT2D eigenvalue weighted by molar-refractivity contribution is 6.29. The number of nitrogens with one attached hydrogen (secondary N) is 1. The molecule has 0 heterocycles. The van der Waals surface area contributed by atoms with Crippen LogP contribution in [0.4, 0.5) is 5.69 Å². The van der Waals surface area contributed by atoms with Crippen molar-refractivity contribution in [3.63, 3.8) is 0 Å². The van der Waals surface area contributed by atoms with E-state index < -0.39 is 5.91 Å². The zero-order valence-electron chi connectivity index (χ0n) is 7.29. The van der Waals surface area contributed by atoms with Crippen LogP contribution < -0.4 is 11.1 Å². The van der Waals surface area contributed by atoms with Gasteiger partial charge in [-0.05, 0) is 18.2 Å². The van der Waals surface area contributed by atoms with Gasteiger partial charge >= 0.3 is 0 Å². The Morgan fingerprint density at radius 3 is 2.71 bits per heavy atom. The normalized spacial score (nSPS) is 9.50. The molecule has 4 nitrogen and oxygen atoms in total. The molecule has 0 radical (unpaired) electrons. The number of amides is 2. The largest absolute Gasteiger partial charge is 0.366 e. The molecule has 0 aliphatic rings. The topological polar surface area (TPSA) is 72.2 Å². The number of halogens is 1. The van der Waals surface area contributed by atoms with Crippen LogP contribution in [0, 0.1) is 0 Å². The van der Waals surface area contributed by atoms with Gasteiger partial charge < -0.3 is 11.1 Å². The molecule has 74 valence electrons. The zero-order chi connectivity index (χ0) is 10.6. The average molecular weight is 213 g/mol. The average Bonchev–Trinajstić information content (AvgIpc) is 2.18. The molecule has 3 N–H and O–H groups in total. The summed E-state index contributed by atoms with van der Waals surface area (Å²) in [7, 11) is 0. The Morgan fingerprint density at radius 2 is 2.14 bits per heavy atom. The molecule has 1 rings (SSSR count). The maximum atomic E-state index is 10.9. The lowest BCUT2D eigenvalue weighted by molar-refractivity contribution is -0.113. The molecular weight excluding hydrogens is 204 g/mol. The number of rotatable bonds is 3. The fraction of sp³-hybridized carbons (Fsp3) is 0.111. The second-order valence-corrected chi connectivity index (χ2v) is 2.89. The van der Waals surface area contributed by atoms with Crippen molar-refractivity contribution in [3.05, 3.63) is 29.8 Å². The number of carbonyl (C=O) groups excluding carboxylic acids is 2. The van der Waals surface area contributed by atoms with Crippen LogP contribution in [-0.4, -0.2) is 17.7 Å². The van der Waals surface area contributed by atoms with Crippen LogP contribution in [0.25, 0.3) is 0 Å². The summed E-state index contributed by atoms with van der Waals surface area (Å²) in [4.78, 5) is 21.7. The zero-order valence-corrected chi connectivity index (χ0v) is 8.04. The number of benzene rings is 1. The van der Waals surface area contributed by atoms with Crippen LogP contribution in [0.15, 0.2) is 24.3 Å². The van der Waals surface area contributed by atoms with E-state index in [1.54, 1.807) is 18.2 Å². The summed E-state index contributed by atoms with van der Waals surface area (Å²) in [6, 6.07) is 6.34. The van der Waals surface area contributed by atoms with E-state index in [4.69, 9.17) is 17.3 Å². The highest BCUT2D eigenvalue weighted by Crippen LogP contribution is 2.09. The molecule has 0 atom stereocenters. The second kappa shape index (κ2) is 4.62. The molecule has 1 aromatic carbocycles. The fourth-order valence-corrected chi connectivity index (χ4v) is 1.01. The molecule has 0 fully saturated rings. The summed E-state index contributed by atoms with van der Waals surface area (Å²) < 4.78 is 0.